The van der Waals surface area contributed by atoms with Crippen LogP contribution in [0.3, 0.4) is 0 Å². The van der Waals surface area contributed by atoms with Gasteiger partial charge in [0.15, 0.2) is 0 Å². The SMILES string of the molecule is CSC(SC)(SC)c1cnccn1. The van der Waals surface area contributed by atoms with Crippen molar-refractivity contribution >= 4 is 35.3 Å². The standard InChI is InChI=1S/C8H12N2S3/c1-11-8(12-2,13-3)7-6-9-4-5-10-7/h4-6H,1-3H3. The Bertz CT molecular complexity index is 241. The van der Waals surface area contributed by atoms with Crippen molar-refractivity contribution in [2.45, 2.75) is 3.41 Å². The van der Waals surface area contributed by atoms with E-state index in [1.807, 2.05) is 6.20 Å². The average Bonchev–Trinajstić information content (AvgIpc) is 2.23. The second kappa shape index (κ2) is 5.12. The predicted molar refractivity (Wildman–Crippen MR) is 64.3 cm³/mol. The van der Waals surface area contributed by atoms with Crippen LogP contribution in [-0.4, -0.2) is 28.7 Å². The lowest BCUT2D eigenvalue weighted by Crippen LogP contribution is -2.13. The summed E-state index contributed by atoms with van der Waals surface area (Å²) in [6.07, 6.45) is 11.6. The Morgan fingerprint density at radius 1 is 1.08 bits per heavy atom. The van der Waals surface area contributed by atoms with Crippen LogP contribution in [0.25, 0.3) is 0 Å². The van der Waals surface area contributed by atoms with E-state index in [2.05, 4.69) is 28.7 Å². The van der Waals surface area contributed by atoms with Crippen LogP contribution < -0.4 is 0 Å². The number of hydrogen-bond donors (Lipinski definition) is 0. The summed E-state index contributed by atoms with van der Waals surface area (Å²) < 4.78 is -0.00569. The van der Waals surface area contributed by atoms with Crippen LogP contribution in [0.1, 0.15) is 5.69 Å². The van der Waals surface area contributed by atoms with Crippen molar-refractivity contribution in [3.63, 3.8) is 0 Å². The number of aromatic nitrogens is 2. The fraction of sp³-hybridized carbons (Fsp3) is 0.500. The Morgan fingerprint density at radius 2 is 1.69 bits per heavy atom. The van der Waals surface area contributed by atoms with E-state index in [-0.39, 0.29) is 3.41 Å². The van der Waals surface area contributed by atoms with Gasteiger partial charge in [-0.1, -0.05) is 0 Å². The topological polar surface area (TPSA) is 25.8 Å². The summed E-state index contributed by atoms with van der Waals surface area (Å²) in [7, 11) is 0. The fourth-order valence-electron chi connectivity index (χ4n) is 1.02. The van der Waals surface area contributed by atoms with E-state index in [0.717, 1.165) is 5.69 Å². The van der Waals surface area contributed by atoms with Crippen molar-refractivity contribution in [2.24, 2.45) is 0 Å². The van der Waals surface area contributed by atoms with E-state index in [0.29, 0.717) is 0 Å². The van der Waals surface area contributed by atoms with Crippen molar-refractivity contribution < 1.29 is 0 Å². The lowest BCUT2D eigenvalue weighted by molar-refractivity contribution is 1.06. The first-order chi connectivity index (χ1) is 6.29. The van der Waals surface area contributed by atoms with Crippen LogP contribution in [0.5, 0.6) is 0 Å². The molecule has 0 atom stereocenters. The third kappa shape index (κ3) is 2.33. The summed E-state index contributed by atoms with van der Waals surface area (Å²) in [4.78, 5) is 8.43. The molecule has 0 bridgehead atoms. The number of rotatable bonds is 4. The molecule has 0 saturated carbocycles. The second-order valence-electron chi connectivity index (χ2n) is 2.26. The van der Waals surface area contributed by atoms with Crippen LogP contribution in [0.15, 0.2) is 18.6 Å². The quantitative estimate of drug-likeness (QED) is 0.744. The first kappa shape index (κ1) is 11.2. The zero-order chi connectivity index (χ0) is 9.73. The first-order valence-corrected chi connectivity index (χ1v) is 7.38. The molecule has 13 heavy (non-hydrogen) atoms. The number of hydrogen-bond acceptors (Lipinski definition) is 5. The van der Waals surface area contributed by atoms with E-state index < -0.39 is 0 Å². The Balaban J connectivity index is 3.01. The van der Waals surface area contributed by atoms with E-state index >= 15 is 0 Å². The lowest BCUT2D eigenvalue weighted by Gasteiger charge is -2.26. The molecule has 2 nitrogen and oxygen atoms in total. The second-order valence-corrected chi connectivity index (χ2v) is 6.10. The normalized spacial score (nSPS) is 11.6. The van der Waals surface area contributed by atoms with Crippen LogP contribution in [0, 0.1) is 0 Å². The van der Waals surface area contributed by atoms with Crippen molar-refractivity contribution in [1.82, 2.24) is 9.97 Å². The molecule has 0 spiro atoms. The van der Waals surface area contributed by atoms with Crippen molar-refractivity contribution in [3.05, 3.63) is 24.3 Å². The summed E-state index contributed by atoms with van der Waals surface area (Å²) >= 11 is 5.38. The highest BCUT2D eigenvalue weighted by Gasteiger charge is 2.30. The summed E-state index contributed by atoms with van der Waals surface area (Å²) in [5, 5.41) is 0. The Hall–Kier alpha value is 0.130. The largest absolute Gasteiger partial charge is 0.261 e. The summed E-state index contributed by atoms with van der Waals surface area (Å²) in [6, 6.07) is 0. The average molecular weight is 232 g/mol. The van der Waals surface area contributed by atoms with Gasteiger partial charge in [0, 0.05) is 12.4 Å². The van der Waals surface area contributed by atoms with Gasteiger partial charge in [0.25, 0.3) is 0 Å². The monoisotopic (exact) mass is 232 g/mol. The molecule has 0 aliphatic heterocycles. The number of thioether (sulfide) groups is 3. The summed E-state index contributed by atoms with van der Waals surface area (Å²) in [6.45, 7) is 0. The van der Waals surface area contributed by atoms with Crippen molar-refractivity contribution in [3.8, 4) is 0 Å². The highest BCUT2D eigenvalue weighted by Crippen LogP contribution is 2.50. The van der Waals surface area contributed by atoms with E-state index in [1.165, 1.54) is 0 Å². The molecule has 0 N–H and O–H groups in total. The molecule has 0 saturated heterocycles. The molecule has 72 valence electrons. The molecule has 1 rings (SSSR count). The predicted octanol–water partition coefficient (Wildman–Crippen LogP) is 2.68. The van der Waals surface area contributed by atoms with Gasteiger partial charge in [0.05, 0.1) is 11.9 Å². The minimum atomic E-state index is -0.00569. The van der Waals surface area contributed by atoms with Crippen molar-refractivity contribution in [2.75, 3.05) is 18.8 Å². The first-order valence-electron chi connectivity index (χ1n) is 3.71. The minimum Gasteiger partial charge on any atom is -0.261 e. The van der Waals surface area contributed by atoms with Crippen LogP contribution in [-0.2, 0) is 3.41 Å². The minimum absolute atomic E-state index is 0.00569. The van der Waals surface area contributed by atoms with Crippen LogP contribution >= 0.6 is 35.3 Å². The Morgan fingerprint density at radius 3 is 2.08 bits per heavy atom. The lowest BCUT2D eigenvalue weighted by atomic mass is 10.5. The molecule has 0 aliphatic rings. The number of nitrogens with zero attached hydrogens (tertiary/aromatic N) is 2. The zero-order valence-electron chi connectivity index (χ0n) is 7.85. The molecule has 0 aromatic carbocycles. The third-order valence-electron chi connectivity index (χ3n) is 1.68. The Labute approximate surface area is 91.7 Å². The molecule has 0 amide bonds. The third-order valence-corrected chi connectivity index (χ3v) is 6.92. The van der Waals surface area contributed by atoms with Crippen LogP contribution in [0.2, 0.25) is 0 Å². The van der Waals surface area contributed by atoms with E-state index in [9.17, 15) is 0 Å². The van der Waals surface area contributed by atoms with E-state index in [1.54, 1.807) is 47.7 Å². The van der Waals surface area contributed by atoms with Gasteiger partial charge in [0.1, 0.15) is 3.41 Å². The summed E-state index contributed by atoms with van der Waals surface area (Å²) in [5.74, 6) is 0. The molecular weight excluding hydrogens is 220 g/mol. The van der Waals surface area contributed by atoms with E-state index in [4.69, 9.17) is 0 Å². The maximum Gasteiger partial charge on any atom is 0.150 e. The highest BCUT2D eigenvalue weighted by molar-refractivity contribution is 8.32. The molecule has 0 fully saturated rings. The Kier molecular flexibility index (Phi) is 4.41. The van der Waals surface area contributed by atoms with Gasteiger partial charge < -0.3 is 0 Å². The summed E-state index contributed by atoms with van der Waals surface area (Å²) in [5.41, 5.74) is 1.03. The van der Waals surface area contributed by atoms with Gasteiger partial charge in [-0.05, 0) is 18.8 Å². The van der Waals surface area contributed by atoms with Gasteiger partial charge >= 0.3 is 0 Å². The highest BCUT2D eigenvalue weighted by atomic mass is 32.3. The fourth-order valence-corrected chi connectivity index (χ4v) is 3.96. The van der Waals surface area contributed by atoms with Gasteiger partial charge in [-0.2, -0.15) is 0 Å². The molecule has 0 aliphatic carbocycles. The maximum atomic E-state index is 4.34. The van der Waals surface area contributed by atoms with Crippen LogP contribution in [0.4, 0.5) is 0 Å². The molecule has 1 heterocycles. The smallest absolute Gasteiger partial charge is 0.150 e. The maximum absolute atomic E-state index is 4.34. The zero-order valence-corrected chi connectivity index (χ0v) is 10.3. The molecule has 0 unspecified atom stereocenters. The molecule has 5 heteroatoms. The van der Waals surface area contributed by atoms with Gasteiger partial charge in [-0.15, -0.1) is 35.3 Å². The van der Waals surface area contributed by atoms with Gasteiger partial charge in [0.2, 0.25) is 0 Å². The van der Waals surface area contributed by atoms with Gasteiger partial charge in [-0.3, -0.25) is 9.97 Å². The van der Waals surface area contributed by atoms with Gasteiger partial charge in [-0.25, -0.2) is 0 Å². The molecule has 1 aromatic heterocycles. The van der Waals surface area contributed by atoms with Crippen molar-refractivity contribution in [1.29, 1.82) is 0 Å². The molecule has 1 aromatic rings. The molecular formula is C8H12N2S3. The molecule has 0 radical (unpaired) electrons.